The van der Waals surface area contributed by atoms with Crippen molar-refractivity contribution in [3.63, 3.8) is 0 Å². The molecule has 1 atom stereocenters. The summed E-state index contributed by atoms with van der Waals surface area (Å²) in [5.74, 6) is 0.793. The molecule has 2 N–H and O–H groups in total. The third-order valence-electron chi connectivity index (χ3n) is 2.11. The molecule has 1 unspecified atom stereocenters. The van der Waals surface area contributed by atoms with Crippen molar-refractivity contribution in [1.29, 1.82) is 0 Å². The van der Waals surface area contributed by atoms with Gasteiger partial charge in [-0.1, -0.05) is 12.1 Å². The van der Waals surface area contributed by atoms with Gasteiger partial charge < -0.3 is 5.73 Å². The van der Waals surface area contributed by atoms with Crippen LogP contribution in [0.25, 0.3) is 0 Å². The quantitative estimate of drug-likeness (QED) is 0.820. The second-order valence-electron chi connectivity index (χ2n) is 3.84. The molecule has 0 aliphatic rings. The predicted molar refractivity (Wildman–Crippen MR) is 69.5 cm³/mol. The fourth-order valence-corrected chi connectivity index (χ4v) is 3.37. The maximum Gasteiger partial charge on any atom is 0.148 e. The van der Waals surface area contributed by atoms with Gasteiger partial charge in [0, 0.05) is 22.9 Å². The SMILES string of the molecule is CC(N)c1cccc(SCCS(C)(=O)=O)c1. The van der Waals surface area contributed by atoms with E-state index in [1.54, 1.807) is 11.8 Å². The Balaban J connectivity index is 2.58. The Kier molecular flexibility index (Phi) is 4.83. The number of thioether (sulfide) groups is 1. The first-order valence-corrected chi connectivity index (χ1v) is 8.09. The molecule has 90 valence electrons. The molecular weight excluding hydrogens is 242 g/mol. The topological polar surface area (TPSA) is 60.2 Å². The van der Waals surface area contributed by atoms with Crippen LogP contribution in [0.3, 0.4) is 0 Å². The molecule has 1 rings (SSSR count). The Bertz CT molecular complexity index is 441. The highest BCUT2D eigenvalue weighted by atomic mass is 32.2. The molecule has 5 heteroatoms. The predicted octanol–water partition coefficient (Wildman–Crippen LogP) is 1.84. The lowest BCUT2D eigenvalue weighted by Crippen LogP contribution is -2.06. The van der Waals surface area contributed by atoms with Gasteiger partial charge >= 0.3 is 0 Å². The molecule has 0 aromatic heterocycles. The standard InChI is InChI=1S/C11H17NO2S2/c1-9(12)10-4-3-5-11(8-10)15-6-7-16(2,13)14/h3-5,8-9H,6-7,12H2,1-2H3. The van der Waals surface area contributed by atoms with E-state index in [1.165, 1.54) is 6.26 Å². The van der Waals surface area contributed by atoms with Crippen LogP contribution in [-0.4, -0.2) is 26.2 Å². The van der Waals surface area contributed by atoms with E-state index < -0.39 is 9.84 Å². The van der Waals surface area contributed by atoms with E-state index in [4.69, 9.17) is 5.73 Å². The molecule has 0 amide bonds. The van der Waals surface area contributed by atoms with Crippen molar-refractivity contribution in [2.75, 3.05) is 17.8 Å². The zero-order valence-corrected chi connectivity index (χ0v) is 11.1. The molecule has 1 aromatic rings. The summed E-state index contributed by atoms with van der Waals surface area (Å²) in [5, 5.41) is 0. The summed E-state index contributed by atoms with van der Waals surface area (Å²) in [7, 11) is -2.87. The van der Waals surface area contributed by atoms with E-state index in [2.05, 4.69) is 0 Å². The highest BCUT2D eigenvalue weighted by Crippen LogP contribution is 2.21. The van der Waals surface area contributed by atoms with Gasteiger partial charge in [0.25, 0.3) is 0 Å². The Hall–Kier alpha value is -0.520. The van der Waals surface area contributed by atoms with Crippen molar-refractivity contribution in [3.05, 3.63) is 29.8 Å². The summed E-state index contributed by atoms with van der Waals surface area (Å²) in [6, 6.07) is 7.92. The van der Waals surface area contributed by atoms with Crippen LogP contribution >= 0.6 is 11.8 Å². The number of rotatable bonds is 5. The van der Waals surface area contributed by atoms with E-state index in [1.807, 2.05) is 31.2 Å². The molecule has 0 bridgehead atoms. The average molecular weight is 259 g/mol. The van der Waals surface area contributed by atoms with Crippen molar-refractivity contribution < 1.29 is 8.42 Å². The number of hydrogen-bond acceptors (Lipinski definition) is 4. The summed E-state index contributed by atoms with van der Waals surface area (Å²) >= 11 is 1.54. The van der Waals surface area contributed by atoms with Crippen LogP contribution < -0.4 is 5.73 Å². The first-order valence-electron chi connectivity index (χ1n) is 5.04. The van der Waals surface area contributed by atoms with Gasteiger partial charge in [0.1, 0.15) is 9.84 Å². The normalized spacial score (nSPS) is 13.7. The minimum Gasteiger partial charge on any atom is -0.324 e. The number of nitrogens with two attached hydrogens (primary N) is 1. The second-order valence-corrected chi connectivity index (χ2v) is 7.27. The van der Waals surface area contributed by atoms with Crippen molar-refractivity contribution >= 4 is 21.6 Å². The summed E-state index contributed by atoms with van der Waals surface area (Å²) < 4.78 is 21.9. The molecular formula is C11H17NO2S2. The second kappa shape index (κ2) is 5.70. The molecule has 0 saturated carbocycles. The Morgan fingerprint density at radius 2 is 2.12 bits per heavy atom. The molecule has 0 aliphatic carbocycles. The third kappa shape index (κ3) is 5.01. The van der Waals surface area contributed by atoms with Crippen LogP contribution in [0.4, 0.5) is 0 Å². The van der Waals surface area contributed by atoms with Gasteiger partial charge in [-0.2, -0.15) is 0 Å². The number of hydrogen-bond donors (Lipinski definition) is 1. The smallest absolute Gasteiger partial charge is 0.148 e. The maximum atomic E-state index is 11.0. The summed E-state index contributed by atoms with van der Waals surface area (Å²) in [6.45, 7) is 1.93. The van der Waals surface area contributed by atoms with Gasteiger partial charge in [0.15, 0.2) is 0 Å². The number of benzene rings is 1. The van der Waals surface area contributed by atoms with Crippen LogP contribution in [0, 0.1) is 0 Å². The molecule has 1 aromatic carbocycles. The van der Waals surface area contributed by atoms with Gasteiger partial charge in [-0.15, -0.1) is 11.8 Å². The van der Waals surface area contributed by atoms with Crippen molar-refractivity contribution in [2.24, 2.45) is 5.73 Å². The molecule has 0 spiro atoms. The Morgan fingerprint density at radius 3 is 2.69 bits per heavy atom. The Labute approximate surface area is 101 Å². The zero-order chi connectivity index (χ0) is 12.2. The molecule has 0 heterocycles. The van der Waals surface area contributed by atoms with Gasteiger partial charge in [-0.25, -0.2) is 8.42 Å². The van der Waals surface area contributed by atoms with Crippen LogP contribution in [0.15, 0.2) is 29.2 Å². The number of sulfone groups is 1. The summed E-state index contributed by atoms with van der Waals surface area (Å²) in [5.41, 5.74) is 6.85. The highest BCUT2D eigenvalue weighted by Gasteiger charge is 2.04. The first-order chi connectivity index (χ1) is 7.38. The fraction of sp³-hybridized carbons (Fsp3) is 0.455. The lowest BCUT2D eigenvalue weighted by molar-refractivity contribution is 0.603. The molecule has 16 heavy (non-hydrogen) atoms. The van der Waals surface area contributed by atoms with Crippen LogP contribution in [0.2, 0.25) is 0 Å². The van der Waals surface area contributed by atoms with Crippen LogP contribution in [-0.2, 0) is 9.84 Å². The van der Waals surface area contributed by atoms with Gasteiger partial charge in [-0.05, 0) is 24.6 Å². The summed E-state index contributed by atoms with van der Waals surface area (Å²) in [4.78, 5) is 1.07. The lowest BCUT2D eigenvalue weighted by atomic mass is 10.1. The minimum absolute atomic E-state index is 0.00968. The lowest BCUT2D eigenvalue weighted by Gasteiger charge is -2.07. The van der Waals surface area contributed by atoms with E-state index in [9.17, 15) is 8.42 Å². The van der Waals surface area contributed by atoms with Gasteiger partial charge in [0.2, 0.25) is 0 Å². The summed E-state index contributed by atoms with van der Waals surface area (Å²) in [6.07, 6.45) is 1.26. The molecule has 3 nitrogen and oxygen atoms in total. The van der Waals surface area contributed by atoms with Crippen molar-refractivity contribution in [3.8, 4) is 0 Å². The largest absolute Gasteiger partial charge is 0.324 e. The van der Waals surface area contributed by atoms with Crippen LogP contribution in [0.5, 0.6) is 0 Å². The molecule has 0 radical (unpaired) electrons. The third-order valence-corrected chi connectivity index (χ3v) is 4.31. The van der Waals surface area contributed by atoms with Crippen molar-refractivity contribution in [2.45, 2.75) is 17.9 Å². The first kappa shape index (κ1) is 13.5. The van der Waals surface area contributed by atoms with E-state index in [0.29, 0.717) is 5.75 Å². The van der Waals surface area contributed by atoms with E-state index in [-0.39, 0.29) is 11.8 Å². The zero-order valence-electron chi connectivity index (χ0n) is 9.51. The van der Waals surface area contributed by atoms with Crippen LogP contribution in [0.1, 0.15) is 18.5 Å². The van der Waals surface area contributed by atoms with E-state index >= 15 is 0 Å². The monoisotopic (exact) mass is 259 g/mol. The van der Waals surface area contributed by atoms with Gasteiger partial charge in [-0.3, -0.25) is 0 Å². The minimum atomic E-state index is -2.87. The fourth-order valence-electron chi connectivity index (χ4n) is 1.20. The van der Waals surface area contributed by atoms with Crippen molar-refractivity contribution in [1.82, 2.24) is 0 Å². The maximum absolute atomic E-state index is 11.0. The Morgan fingerprint density at radius 1 is 1.44 bits per heavy atom. The molecule has 0 saturated heterocycles. The average Bonchev–Trinajstić information content (AvgIpc) is 2.16. The van der Waals surface area contributed by atoms with E-state index in [0.717, 1.165) is 10.5 Å². The van der Waals surface area contributed by atoms with Gasteiger partial charge in [0.05, 0.1) is 5.75 Å². The molecule has 0 aliphatic heterocycles. The highest BCUT2D eigenvalue weighted by molar-refractivity contribution is 8.00. The molecule has 0 fully saturated rings.